The second kappa shape index (κ2) is 7.75. The highest BCUT2D eigenvalue weighted by atomic mass is 16.2. The number of amides is 4. The van der Waals surface area contributed by atoms with Crippen LogP contribution in [-0.2, 0) is 9.59 Å². The lowest BCUT2D eigenvalue weighted by Gasteiger charge is -2.33. The third-order valence-corrected chi connectivity index (χ3v) is 6.26. The average molecular weight is 349 g/mol. The number of urea groups is 1. The normalized spacial score (nSPS) is 30.1. The van der Waals surface area contributed by atoms with Crippen LogP contribution < -0.4 is 10.6 Å². The van der Waals surface area contributed by atoms with Gasteiger partial charge in [0.05, 0.1) is 0 Å². The highest BCUT2D eigenvalue weighted by molar-refractivity contribution is 6.09. The van der Waals surface area contributed by atoms with Gasteiger partial charge in [0.2, 0.25) is 5.91 Å². The van der Waals surface area contributed by atoms with E-state index in [1.54, 1.807) is 0 Å². The molecule has 0 atom stereocenters. The minimum absolute atomic E-state index is 0.161. The van der Waals surface area contributed by atoms with E-state index in [0.717, 1.165) is 36.5 Å². The van der Waals surface area contributed by atoms with E-state index in [0.29, 0.717) is 25.3 Å². The fourth-order valence-corrected chi connectivity index (χ4v) is 4.53. The Balaban J connectivity index is 1.43. The van der Waals surface area contributed by atoms with E-state index in [1.807, 2.05) is 0 Å². The van der Waals surface area contributed by atoms with E-state index in [2.05, 4.69) is 17.6 Å². The van der Waals surface area contributed by atoms with Crippen LogP contribution in [-0.4, -0.2) is 41.4 Å². The number of carbonyl (C=O) groups is 3. The zero-order valence-electron chi connectivity index (χ0n) is 15.3. The lowest BCUT2D eigenvalue weighted by atomic mass is 9.77. The molecule has 6 heteroatoms. The van der Waals surface area contributed by atoms with Gasteiger partial charge in [-0.2, -0.15) is 0 Å². The molecule has 140 valence electrons. The Morgan fingerprint density at radius 3 is 2.56 bits per heavy atom. The summed E-state index contributed by atoms with van der Waals surface area (Å²) in [5.74, 6) is 0.950. The van der Waals surface area contributed by atoms with Crippen molar-refractivity contribution in [3.05, 3.63) is 0 Å². The molecule has 2 N–H and O–H groups in total. The van der Waals surface area contributed by atoms with Crippen molar-refractivity contribution in [2.45, 2.75) is 76.7 Å². The van der Waals surface area contributed by atoms with Gasteiger partial charge in [-0.3, -0.25) is 14.5 Å². The summed E-state index contributed by atoms with van der Waals surface area (Å²) in [6, 6.07) is -0.416. The summed E-state index contributed by atoms with van der Waals surface area (Å²) in [6.07, 6.45) is 10.7. The highest BCUT2D eigenvalue weighted by Crippen LogP contribution is 2.36. The lowest BCUT2D eigenvalue weighted by molar-refractivity contribution is -0.136. The standard InChI is InChI=1S/C19H31N3O3/c1-14-8-10-19(11-9-14)17(24)22(18(25)21-19)13-16(23)20-12-4-7-15-5-2-3-6-15/h14-15H,2-13H2,1H3,(H,20,23)(H,21,25). The van der Waals surface area contributed by atoms with Crippen LogP contribution in [0.4, 0.5) is 4.79 Å². The van der Waals surface area contributed by atoms with Gasteiger partial charge in [-0.15, -0.1) is 0 Å². The molecule has 3 rings (SSSR count). The fraction of sp³-hybridized carbons (Fsp3) is 0.842. The molecule has 6 nitrogen and oxygen atoms in total. The molecule has 0 aromatic carbocycles. The maximum absolute atomic E-state index is 12.7. The third kappa shape index (κ3) is 4.15. The Bertz CT molecular complexity index is 520. The van der Waals surface area contributed by atoms with Gasteiger partial charge in [0.15, 0.2) is 0 Å². The Kier molecular flexibility index (Phi) is 5.64. The van der Waals surface area contributed by atoms with Crippen LogP contribution in [0.5, 0.6) is 0 Å². The Morgan fingerprint density at radius 1 is 1.20 bits per heavy atom. The number of rotatable bonds is 6. The predicted molar refractivity (Wildman–Crippen MR) is 94.8 cm³/mol. The van der Waals surface area contributed by atoms with Gasteiger partial charge in [-0.1, -0.05) is 32.6 Å². The van der Waals surface area contributed by atoms with Gasteiger partial charge in [0, 0.05) is 6.54 Å². The van der Waals surface area contributed by atoms with Crippen LogP contribution in [0.15, 0.2) is 0 Å². The van der Waals surface area contributed by atoms with Gasteiger partial charge in [-0.25, -0.2) is 4.79 Å². The molecule has 0 radical (unpaired) electrons. The number of nitrogens with zero attached hydrogens (tertiary/aromatic N) is 1. The van der Waals surface area contributed by atoms with Gasteiger partial charge in [-0.05, 0) is 50.4 Å². The summed E-state index contributed by atoms with van der Waals surface area (Å²) >= 11 is 0. The maximum atomic E-state index is 12.7. The first-order chi connectivity index (χ1) is 12.0. The van der Waals surface area contributed by atoms with Crippen molar-refractivity contribution < 1.29 is 14.4 Å². The van der Waals surface area contributed by atoms with Crippen LogP contribution in [0.3, 0.4) is 0 Å². The first kappa shape index (κ1) is 18.2. The second-order valence-corrected chi connectivity index (χ2v) is 8.23. The zero-order valence-corrected chi connectivity index (χ0v) is 15.3. The van der Waals surface area contributed by atoms with Gasteiger partial charge in [0.1, 0.15) is 12.1 Å². The molecule has 2 saturated carbocycles. The topological polar surface area (TPSA) is 78.5 Å². The molecule has 4 amide bonds. The van der Waals surface area contributed by atoms with Crippen molar-refractivity contribution in [3.8, 4) is 0 Å². The zero-order chi connectivity index (χ0) is 17.9. The smallest absolute Gasteiger partial charge is 0.325 e. The molecule has 1 spiro atoms. The van der Waals surface area contributed by atoms with Gasteiger partial charge in [0.25, 0.3) is 5.91 Å². The quantitative estimate of drug-likeness (QED) is 0.571. The van der Waals surface area contributed by atoms with Crippen molar-refractivity contribution >= 4 is 17.8 Å². The third-order valence-electron chi connectivity index (χ3n) is 6.26. The fourth-order valence-electron chi connectivity index (χ4n) is 4.53. The van der Waals surface area contributed by atoms with E-state index in [-0.39, 0.29) is 18.4 Å². The molecule has 3 fully saturated rings. The minimum Gasteiger partial charge on any atom is -0.355 e. The van der Waals surface area contributed by atoms with Crippen molar-refractivity contribution in [1.29, 1.82) is 0 Å². The molecular weight excluding hydrogens is 318 g/mol. The van der Waals surface area contributed by atoms with Crippen LogP contribution in [0.25, 0.3) is 0 Å². The van der Waals surface area contributed by atoms with E-state index in [9.17, 15) is 14.4 Å². The first-order valence-electron chi connectivity index (χ1n) is 9.91. The van der Waals surface area contributed by atoms with Crippen LogP contribution in [0, 0.1) is 11.8 Å². The monoisotopic (exact) mass is 349 g/mol. The molecule has 0 bridgehead atoms. The summed E-state index contributed by atoms with van der Waals surface area (Å²) in [5.41, 5.74) is -0.758. The number of carbonyl (C=O) groups excluding carboxylic acids is 3. The van der Waals surface area contributed by atoms with Gasteiger partial charge >= 0.3 is 6.03 Å². The van der Waals surface area contributed by atoms with Crippen LogP contribution in [0.1, 0.15) is 71.1 Å². The Hall–Kier alpha value is -1.59. The summed E-state index contributed by atoms with van der Waals surface area (Å²) in [7, 11) is 0. The summed E-state index contributed by atoms with van der Waals surface area (Å²) < 4.78 is 0. The summed E-state index contributed by atoms with van der Waals surface area (Å²) in [6.45, 7) is 2.64. The largest absolute Gasteiger partial charge is 0.355 e. The Labute approximate surface area is 150 Å². The molecule has 0 unspecified atom stereocenters. The Morgan fingerprint density at radius 2 is 1.88 bits per heavy atom. The molecule has 1 saturated heterocycles. The van der Waals surface area contributed by atoms with E-state index in [4.69, 9.17) is 0 Å². The maximum Gasteiger partial charge on any atom is 0.325 e. The number of nitrogens with one attached hydrogen (secondary N) is 2. The van der Waals surface area contributed by atoms with Crippen LogP contribution >= 0.6 is 0 Å². The van der Waals surface area contributed by atoms with E-state index < -0.39 is 11.6 Å². The molecule has 1 aliphatic heterocycles. The first-order valence-corrected chi connectivity index (χ1v) is 9.91. The molecule has 25 heavy (non-hydrogen) atoms. The molecule has 0 aromatic rings. The molecule has 1 heterocycles. The molecule has 2 aliphatic carbocycles. The molecule has 0 aromatic heterocycles. The molecule has 3 aliphatic rings. The predicted octanol–water partition coefficient (Wildman–Crippen LogP) is 2.57. The lowest BCUT2D eigenvalue weighted by Crippen LogP contribution is -2.49. The number of imide groups is 1. The molecular formula is C19H31N3O3. The second-order valence-electron chi connectivity index (χ2n) is 8.23. The summed E-state index contributed by atoms with van der Waals surface area (Å²) in [4.78, 5) is 38.1. The van der Waals surface area contributed by atoms with Crippen molar-refractivity contribution in [2.24, 2.45) is 11.8 Å². The van der Waals surface area contributed by atoms with Crippen LogP contribution in [0.2, 0.25) is 0 Å². The van der Waals surface area contributed by atoms with Crippen molar-refractivity contribution in [2.75, 3.05) is 13.1 Å². The number of hydrogen-bond acceptors (Lipinski definition) is 3. The van der Waals surface area contributed by atoms with E-state index in [1.165, 1.54) is 25.7 Å². The van der Waals surface area contributed by atoms with E-state index >= 15 is 0 Å². The highest BCUT2D eigenvalue weighted by Gasteiger charge is 2.52. The SMILES string of the molecule is CC1CCC2(CC1)NC(=O)N(CC(=O)NCCCC1CCCC1)C2=O. The average Bonchev–Trinajstić information content (AvgIpc) is 3.18. The van der Waals surface area contributed by atoms with Crippen molar-refractivity contribution in [3.63, 3.8) is 0 Å². The summed E-state index contributed by atoms with van der Waals surface area (Å²) in [5, 5.41) is 5.72. The minimum atomic E-state index is -0.758. The number of hydrogen-bond donors (Lipinski definition) is 2. The van der Waals surface area contributed by atoms with Crippen molar-refractivity contribution in [1.82, 2.24) is 15.5 Å². The van der Waals surface area contributed by atoms with Gasteiger partial charge < -0.3 is 10.6 Å².